The Morgan fingerprint density at radius 3 is 3.00 bits per heavy atom. The fourth-order valence-electron chi connectivity index (χ4n) is 3.42. The van der Waals surface area contributed by atoms with Crippen LogP contribution in [-0.2, 0) is 17.8 Å². The number of benzene rings is 1. The van der Waals surface area contributed by atoms with Crippen molar-refractivity contribution in [2.45, 2.75) is 25.9 Å². The molecular weight excluding hydrogens is 322 g/mol. The number of hydrogen-bond donors (Lipinski definition) is 0. The largest absolute Gasteiger partial charge is 0.454 e. The summed E-state index contributed by atoms with van der Waals surface area (Å²) in [7, 11) is 1.68. The summed E-state index contributed by atoms with van der Waals surface area (Å²) in [5, 5.41) is 4.61. The number of ether oxygens (including phenoxy) is 3. The molecule has 0 unspecified atom stereocenters. The summed E-state index contributed by atoms with van der Waals surface area (Å²) in [6.07, 6.45) is 2.07. The van der Waals surface area contributed by atoms with Crippen LogP contribution in [0.25, 0.3) is 0 Å². The van der Waals surface area contributed by atoms with Gasteiger partial charge in [0.25, 0.3) is 5.91 Å². The molecule has 2 aliphatic rings. The fourth-order valence-corrected chi connectivity index (χ4v) is 3.42. The van der Waals surface area contributed by atoms with Crippen molar-refractivity contribution in [3.05, 3.63) is 41.2 Å². The molecule has 25 heavy (non-hydrogen) atoms. The Morgan fingerprint density at radius 2 is 2.20 bits per heavy atom. The zero-order valence-electron chi connectivity index (χ0n) is 14.4. The summed E-state index contributed by atoms with van der Waals surface area (Å²) < 4.78 is 18.0. The molecule has 1 atom stereocenters. The first kappa shape index (κ1) is 16.0. The number of aromatic nitrogens is 2. The van der Waals surface area contributed by atoms with E-state index in [1.54, 1.807) is 25.3 Å². The molecule has 3 heterocycles. The smallest absolute Gasteiger partial charge is 0.254 e. The lowest BCUT2D eigenvalue weighted by atomic mass is 9.95. The minimum Gasteiger partial charge on any atom is -0.454 e. The Balaban J connectivity index is 1.61. The zero-order valence-corrected chi connectivity index (χ0v) is 14.4. The summed E-state index contributed by atoms with van der Waals surface area (Å²) >= 11 is 0. The molecule has 2 aliphatic heterocycles. The molecular formula is C18H21N3O4. The lowest BCUT2D eigenvalue weighted by molar-refractivity contribution is 0.0677. The molecule has 2 aromatic rings. The first-order chi connectivity index (χ1) is 12.2. The predicted octanol–water partition coefficient (Wildman–Crippen LogP) is 2.02. The van der Waals surface area contributed by atoms with Crippen molar-refractivity contribution in [2.24, 2.45) is 0 Å². The fraction of sp³-hybridized carbons (Fsp3) is 0.444. The van der Waals surface area contributed by atoms with E-state index in [2.05, 4.69) is 18.2 Å². The minimum atomic E-state index is -0.0314. The third kappa shape index (κ3) is 2.84. The van der Waals surface area contributed by atoms with E-state index in [1.165, 1.54) is 5.56 Å². The van der Waals surface area contributed by atoms with Crippen molar-refractivity contribution in [1.29, 1.82) is 0 Å². The van der Waals surface area contributed by atoms with E-state index in [1.807, 2.05) is 9.58 Å². The summed E-state index contributed by atoms with van der Waals surface area (Å²) in [5.74, 6) is 1.40. The van der Waals surface area contributed by atoms with Crippen LogP contribution in [0.15, 0.2) is 24.4 Å². The molecule has 132 valence electrons. The molecule has 0 aliphatic carbocycles. The Morgan fingerprint density at radius 1 is 1.36 bits per heavy atom. The lowest BCUT2D eigenvalue weighted by Gasteiger charge is -2.31. The lowest BCUT2D eigenvalue weighted by Crippen LogP contribution is -2.39. The first-order valence-corrected chi connectivity index (χ1v) is 8.43. The van der Waals surface area contributed by atoms with Gasteiger partial charge < -0.3 is 19.1 Å². The maximum Gasteiger partial charge on any atom is 0.254 e. The van der Waals surface area contributed by atoms with Gasteiger partial charge in [0.15, 0.2) is 11.5 Å². The number of carbonyl (C=O) groups excluding carboxylic acids is 1. The molecule has 0 N–H and O–H groups in total. The third-order valence-electron chi connectivity index (χ3n) is 4.69. The van der Waals surface area contributed by atoms with Gasteiger partial charge in [-0.05, 0) is 25.1 Å². The van der Waals surface area contributed by atoms with Gasteiger partial charge in [-0.3, -0.25) is 9.48 Å². The average molecular weight is 343 g/mol. The number of rotatable bonds is 4. The van der Waals surface area contributed by atoms with Gasteiger partial charge in [0.1, 0.15) is 0 Å². The minimum absolute atomic E-state index is 0.0314. The molecule has 1 amide bonds. The van der Waals surface area contributed by atoms with Gasteiger partial charge in [0.05, 0.1) is 18.8 Å². The second kappa shape index (κ2) is 6.40. The van der Waals surface area contributed by atoms with E-state index in [4.69, 9.17) is 14.2 Å². The predicted molar refractivity (Wildman–Crippen MR) is 89.8 cm³/mol. The number of fused-ring (bicyclic) bond motifs is 2. The zero-order chi connectivity index (χ0) is 17.4. The SMILES string of the molecule is CCn1cc2c(n1)CN(C(=O)c1ccc3c(c1)OCO3)C[C@H]2COC. The van der Waals surface area contributed by atoms with E-state index >= 15 is 0 Å². The highest BCUT2D eigenvalue weighted by Gasteiger charge is 2.31. The number of hydrogen-bond acceptors (Lipinski definition) is 5. The van der Waals surface area contributed by atoms with Crippen LogP contribution in [-0.4, -0.2) is 47.6 Å². The highest BCUT2D eigenvalue weighted by molar-refractivity contribution is 5.95. The van der Waals surface area contributed by atoms with Gasteiger partial charge in [0, 0.05) is 43.4 Å². The Hall–Kier alpha value is -2.54. The number of carbonyl (C=O) groups is 1. The van der Waals surface area contributed by atoms with Crippen LogP contribution in [0.2, 0.25) is 0 Å². The average Bonchev–Trinajstić information content (AvgIpc) is 3.26. The quantitative estimate of drug-likeness (QED) is 0.850. The summed E-state index contributed by atoms with van der Waals surface area (Å²) in [6, 6.07) is 5.31. The summed E-state index contributed by atoms with van der Waals surface area (Å²) in [5.41, 5.74) is 2.72. The Kier molecular flexibility index (Phi) is 4.09. The molecule has 0 radical (unpaired) electrons. The van der Waals surface area contributed by atoms with Crippen LogP contribution in [0.1, 0.15) is 34.5 Å². The first-order valence-electron chi connectivity index (χ1n) is 8.43. The molecule has 1 aromatic carbocycles. The molecule has 1 aromatic heterocycles. The van der Waals surface area contributed by atoms with Crippen LogP contribution in [0, 0.1) is 0 Å². The molecule has 7 heteroatoms. The molecule has 0 bridgehead atoms. The molecule has 0 saturated heterocycles. The highest BCUT2D eigenvalue weighted by atomic mass is 16.7. The van der Waals surface area contributed by atoms with E-state index in [-0.39, 0.29) is 18.6 Å². The van der Waals surface area contributed by atoms with Crippen LogP contribution in [0.3, 0.4) is 0 Å². The monoisotopic (exact) mass is 343 g/mol. The van der Waals surface area contributed by atoms with Gasteiger partial charge >= 0.3 is 0 Å². The Bertz CT molecular complexity index is 802. The van der Waals surface area contributed by atoms with Crippen LogP contribution < -0.4 is 9.47 Å². The van der Waals surface area contributed by atoms with E-state index in [9.17, 15) is 4.79 Å². The third-order valence-corrected chi connectivity index (χ3v) is 4.69. The van der Waals surface area contributed by atoms with Gasteiger partial charge in [-0.1, -0.05) is 0 Å². The van der Waals surface area contributed by atoms with E-state index in [0.29, 0.717) is 36.8 Å². The van der Waals surface area contributed by atoms with E-state index < -0.39 is 0 Å². The van der Waals surface area contributed by atoms with Gasteiger partial charge in [-0.15, -0.1) is 0 Å². The second-order valence-electron chi connectivity index (χ2n) is 6.29. The van der Waals surface area contributed by atoms with Crippen molar-refractivity contribution >= 4 is 5.91 Å². The molecule has 0 fully saturated rings. The highest BCUT2D eigenvalue weighted by Crippen LogP contribution is 2.34. The second-order valence-corrected chi connectivity index (χ2v) is 6.29. The number of amides is 1. The van der Waals surface area contributed by atoms with Crippen LogP contribution in [0.5, 0.6) is 11.5 Å². The molecule has 7 nitrogen and oxygen atoms in total. The van der Waals surface area contributed by atoms with Crippen molar-refractivity contribution in [3.8, 4) is 11.5 Å². The van der Waals surface area contributed by atoms with Crippen molar-refractivity contribution < 1.29 is 19.0 Å². The maximum atomic E-state index is 13.0. The van der Waals surface area contributed by atoms with E-state index in [0.717, 1.165) is 12.2 Å². The van der Waals surface area contributed by atoms with Gasteiger partial charge in [0.2, 0.25) is 6.79 Å². The van der Waals surface area contributed by atoms with Gasteiger partial charge in [-0.25, -0.2) is 0 Å². The number of nitrogens with zero attached hydrogens (tertiary/aromatic N) is 3. The topological polar surface area (TPSA) is 65.8 Å². The van der Waals surface area contributed by atoms with Crippen LogP contribution in [0.4, 0.5) is 0 Å². The number of methoxy groups -OCH3 is 1. The summed E-state index contributed by atoms with van der Waals surface area (Å²) in [6.45, 7) is 4.75. The molecule has 0 spiro atoms. The van der Waals surface area contributed by atoms with Crippen molar-refractivity contribution in [3.63, 3.8) is 0 Å². The normalized spacial score (nSPS) is 18.3. The maximum absolute atomic E-state index is 13.0. The number of aryl methyl sites for hydroxylation is 1. The summed E-state index contributed by atoms with van der Waals surface area (Å²) in [4.78, 5) is 14.8. The Labute approximate surface area is 146 Å². The van der Waals surface area contributed by atoms with Crippen molar-refractivity contribution in [1.82, 2.24) is 14.7 Å². The van der Waals surface area contributed by atoms with Gasteiger partial charge in [-0.2, -0.15) is 5.10 Å². The van der Waals surface area contributed by atoms with Crippen LogP contribution >= 0.6 is 0 Å². The standard InChI is InChI=1S/C18H21N3O4/c1-3-21-8-14-13(10-23-2)7-20(9-15(14)19-21)18(22)12-4-5-16-17(6-12)25-11-24-16/h4-6,8,13H,3,7,9-11H2,1-2H3/t13-/m0/s1. The molecule has 4 rings (SSSR count). The van der Waals surface area contributed by atoms with Crippen molar-refractivity contribution in [2.75, 3.05) is 27.1 Å². The molecule has 0 saturated carbocycles.